The fourth-order valence-electron chi connectivity index (χ4n) is 1.34. The van der Waals surface area contributed by atoms with Crippen LogP contribution in [0.1, 0.15) is 39.3 Å². The smallest absolute Gasteiger partial charge is 0.147 e. The van der Waals surface area contributed by atoms with Gasteiger partial charge in [-0.2, -0.15) is 0 Å². The molecule has 1 aromatic rings. The highest BCUT2D eigenvalue weighted by Gasteiger charge is 2.05. The SMILES string of the molecule is CCN(CC)c1cnc(C(C)C)cn1. The first kappa shape index (κ1) is 11.0. The van der Waals surface area contributed by atoms with E-state index in [0.717, 1.165) is 24.6 Å². The molecule has 0 aliphatic rings. The molecule has 14 heavy (non-hydrogen) atoms. The predicted octanol–water partition coefficient (Wildman–Crippen LogP) is 2.45. The Morgan fingerprint density at radius 1 is 1.14 bits per heavy atom. The molecule has 0 aliphatic heterocycles. The summed E-state index contributed by atoms with van der Waals surface area (Å²) >= 11 is 0. The summed E-state index contributed by atoms with van der Waals surface area (Å²) < 4.78 is 0. The minimum atomic E-state index is 0.452. The molecular formula is C11H19N3. The van der Waals surface area contributed by atoms with E-state index in [1.54, 1.807) is 0 Å². The summed E-state index contributed by atoms with van der Waals surface area (Å²) in [6, 6.07) is 0. The molecule has 0 N–H and O–H groups in total. The molecule has 0 aromatic carbocycles. The first-order chi connectivity index (χ1) is 6.69. The highest BCUT2D eigenvalue weighted by atomic mass is 15.2. The molecule has 0 amide bonds. The number of rotatable bonds is 4. The van der Waals surface area contributed by atoms with Crippen LogP contribution in [0.25, 0.3) is 0 Å². The van der Waals surface area contributed by atoms with Crippen LogP contribution < -0.4 is 4.90 Å². The third-order valence-electron chi connectivity index (χ3n) is 2.34. The van der Waals surface area contributed by atoms with Gasteiger partial charge in [0, 0.05) is 13.1 Å². The van der Waals surface area contributed by atoms with Gasteiger partial charge in [-0.3, -0.25) is 4.98 Å². The average Bonchev–Trinajstić information content (AvgIpc) is 2.20. The van der Waals surface area contributed by atoms with E-state index >= 15 is 0 Å². The molecule has 1 rings (SSSR count). The zero-order chi connectivity index (χ0) is 10.6. The van der Waals surface area contributed by atoms with Crippen molar-refractivity contribution < 1.29 is 0 Å². The third kappa shape index (κ3) is 2.44. The Hall–Kier alpha value is -1.12. The van der Waals surface area contributed by atoms with Crippen molar-refractivity contribution in [2.24, 2.45) is 0 Å². The summed E-state index contributed by atoms with van der Waals surface area (Å²) in [7, 11) is 0. The van der Waals surface area contributed by atoms with Crippen molar-refractivity contribution in [3.63, 3.8) is 0 Å². The molecule has 0 bridgehead atoms. The fourth-order valence-corrected chi connectivity index (χ4v) is 1.34. The van der Waals surface area contributed by atoms with Crippen molar-refractivity contribution in [2.75, 3.05) is 18.0 Å². The summed E-state index contributed by atoms with van der Waals surface area (Å²) in [6.45, 7) is 10.5. The van der Waals surface area contributed by atoms with Crippen LogP contribution in [0.4, 0.5) is 5.82 Å². The molecule has 3 nitrogen and oxygen atoms in total. The molecule has 3 heteroatoms. The van der Waals surface area contributed by atoms with Crippen molar-refractivity contribution >= 4 is 5.82 Å². The van der Waals surface area contributed by atoms with E-state index in [2.05, 4.69) is 42.6 Å². The van der Waals surface area contributed by atoms with E-state index in [1.165, 1.54) is 0 Å². The normalized spacial score (nSPS) is 10.6. The maximum Gasteiger partial charge on any atom is 0.147 e. The molecule has 0 aliphatic carbocycles. The van der Waals surface area contributed by atoms with E-state index in [1.807, 2.05) is 12.4 Å². The third-order valence-corrected chi connectivity index (χ3v) is 2.34. The number of anilines is 1. The highest BCUT2D eigenvalue weighted by Crippen LogP contribution is 2.13. The van der Waals surface area contributed by atoms with Crippen LogP contribution in [0.3, 0.4) is 0 Å². The van der Waals surface area contributed by atoms with Gasteiger partial charge in [-0.15, -0.1) is 0 Å². The Labute approximate surface area is 86.2 Å². The van der Waals surface area contributed by atoms with Gasteiger partial charge in [0.2, 0.25) is 0 Å². The molecule has 0 saturated carbocycles. The Balaban J connectivity index is 2.81. The average molecular weight is 193 g/mol. The maximum atomic E-state index is 4.41. The molecule has 0 fully saturated rings. The Bertz CT molecular complexity index is 262. The van der Waals surface area contributed by atoms with Gasteiger partial charge in [0.15, 0.2) is 0 Å². The molecule has 1 aromatic heterocycles. The van der Waals surface area contributed by atoms with Crippen LogP contribution >= 0.6 is 0 Å². The standard InChI is InChI=1S/C11H19N3/c1-5-14(6-2)11-8-12-10(7-13-11)9(3)4/h7-9H,5-6H2,1-4H3. The molecule has 0 spiro atoms. The molecule has 0 atom stereocenters. The van der Waals surface area contributed by atoms with Crippen LogP contribution in [0, 0.1) is 0 Å². The summed E-state index contributed by atoms with van der Waals surface area (Å²) in [4.78, 5) is 11.0. The van der Waals surface area contributed by atoms with Crippen molar-refractivity contribution in [1.82, 2.24) is 9.97 Å². The molecule has 0 unspecified atom stereocenters. The summed E-state index contributed by atoms with van der Waals surface area (Å²) in [5.41, 5.74) is 1.06. The largest absolute Gasteiger partial charge is 0.356 e. The van der Waals surface area contributed by atoms with Gasteiger partial charge in [-0.05, 0) is 19.8 Å². The second kappa shape index (κ2) is 4.94. The summed E-state index contributed by atoms with van der Waals surface area (Å²) in [5, 5.41) is 0. The van der Waals surface area contributed by atoms with Gasteiger partial charge in [0.1, 0.15) is 5.82 Å². The van der Waals surface area contributed by atoms with Crippen LogP contribution in [0.2, 0.25) is 0 Å². The number of hydrogen-bond donors (Lipinski definition) is 0. The van der Waals surface area contributed by atoms with Crippen molar-refractivity contribution in [1.29, 1.82) is 0 Å². The Morgan fingerprint density at radius 3 is 2.14 bits per heavy atom. The van der Waals surface area contributed by atoms with Gasteiger partial charge < -0.3 is 4.90 Å². The molecule has 0 radical (unpaired) electrons. The first-order valence-corrected chi connectivity index (χ1v) is 5.25. The van der Waals surface area contributed by atoms with E-state index in [-0.39, 0.29) is 0 Å². The van der Waals surface area contributed by atoms with Gasteiger partial charge in [-0.25, -0.2) is 4.98 Å². The lowest BCUT2D eigenvalue weighted by molar-refractivity contribution is 0.792. The lowest BCUT2D eigenvalue weighted by Gasteiger charge is -2.19. The van der Waals surface area contributed by atoms with Crippen molar-refractivity contribution in [3.8, 4) is 0 Å². The van der Waals surface area contributed by atoms with E-state index in [9.17, 15) is 0 Å². The summed E-state index contributed by atoms with van der Waals surface area (Å²) in [5.74, 6) is 1.42. The topological polar surface area (TPSA) is 29.0 Å². The lowest BCUT2D eigenvalue weighted by Crippen LogP contribution is -2.23. The quantitative estimate of drug-likeness (QED) is 0.735. The minimum absolute atomic E-state index is 0.452. The minimum Gasteiger partial charge on any atom is -0.356 e. The second-order valence-corrected chi connectivity index (χ2v) is 3.63. The predicted molar refractivity (Wildman–Crippen MR) is 59.7 cm³/mol. The van der Waals surface area contributed by atoms with Gasteiger partial charge in [0.05, 0.1) is 18.1 Å². The van der Waals surface area contributed by atoms with Crippen molar-refractivity contribution in [3.05, 3.63) is 18.1 Å². The molecule has 78 valence electrons. The van der Waals surface area contributed by atoms with Crippen molar-refractivity contribution in [2.45, 2.75) is 33.6 Å². The van der Waals surface area contributed by atoms with Crippen LogP contribution in [-0.2, 0) is 0 Å². The zero-order valence-electron chi connectivity index (χ0n) is 9.49. The fraction of sp³-hybridized carbons (Fsp3) is 0.636. The molecule has 1 heterocycles. The molecule has 0 saturated heterocycles. The number of nitrogens with zero attached hydrogens (tertiary/aromatic N) is 3. The van der Waals surface area contributed by atoms with Crippen LogP contribution in [0.5, 0.6) is 0 Å². The monoisotopic (exact) mass is 193 g/mol. The van der Waals surface area contributed by atoms with E-state index < -0.39 is 0 Å². The first-order valence-electron chi connectivity index (χ1n) is 5.25. The van der Waals surface area contributed by atoms with Gasteiger partial charge in [-0.1, -0.05) is 13.8 Å². The van der Waals surface area contributed by atoms with Gasteiger partial charge >= 0.3 is 0 Å². The van der Waals surface area contributed by atoms with Crippen LogP contribution in [-0.4, -0.2) is 23.1 Å². The maximum absolute atomic E-state index is 4.41. The number of aromatic nitrogens is 2. The van der Waals surface area contributed by atoms with E-state index in [4.69, 9.17) is 0 Å². The number of hydrogen-bond acceptors (Lipinski definition) is 3. The van der Waals surface area contributed by atoms with Gasteiger partial charge in [0.25, 0.3) is 0 Å². The Kier molecular flexibility index (Phi) is 3.86. The second-order valence-electron chi connectivity index (χ2n) is 3.63. The lowest BCUT2D eigenvalue weighted by atomic mass is 10.1. The van der Waals surface area contributed by atoms with E-state index in [0.29, 0.717) is 5.92 Å². The zero-order valence-corrected chi connectivity index (χ0v) is 9.49. The highest BCUT2D eigenvalue weighted by molar-refractivity contribution is 5.35. The van der Waals surface area contributed by atoms with Crippen LogP contribution in [0.15, 0.2) is 12.4 Å². The summed E-state index contributed by atoms with van der Waals surface area (Å²) in [6.07, 6.45) is 3.74. The Morgan fingerprint density at radius 2 is 1.79 bits per heavy atom. The molecular weight excluding hydrogens is 174 g/mol.